The van der Waals surface area contributed by atoms with Crippen molar-refractivity contribution in [3.8, 4) is 5.75 Å². The molecule has 0 aliphatic rings. The van der Waals surface area contributed by atoms with Crippen LogP contribution in [0, 0.1) is 0 Å². The summed E-state index contributed by atoms with van der Waals surface area (Å²) in [6.45, 7) is 3.18. The van der Waals surface area contributed by atoms with Gasteiger partial charge in [-0.1, -0.05) is 12.1 Å². The van der Waals surface area contributed by atoms with Crippen LogP contribution in [-0.4, -0.2) is 15.6 Å². The smallest absolute Gasteiger partial charge is 0.243 e. The molecule has 0 saturated carbocycles. The summed E-state index contributed by atoms with van der Waals surface area (Å²) in [4.78, 5) is 10.2. The van der Waals surface area contributed by atoms with E-state index in [9.17, 15) is 9.90 Å². The number of imidazole rings is 1. The van der Waals surface area contributed by atoms with Crippen LogP contribution in [0.1, 0.15) is 17.3 Å². The molecule has 1 N–H and O–H groups in total. The van der Waals surface area contributed by atoms with Gasteiger partial charge in [0.1, 0.15) is 18.1 Å². The minimum Gasteiger partial charge on any atom is -0.545 e. The van der Waals surface area contributed by atoms with Crippen molar-refractivity contribution in [1.29, 1.82) is 0 Å². The highest BCUT2D eigenvalue weighted by molar-refractivity contribution is 5.88. The SMILES string of the molecule is CC[n+]1ccn(C)c1.O=C([O-])c1ccccc1O. The molecule has 0 bridgehead atoms. The molecule has 0 aliphatic heterocycles. The van der Waals surface area contributed by atoms with Crippen molar-refractivity contribution in [3.63, 3.8) is 0 Å². The fourth-order valence-electron chi connectivity index (χ4n) is 1.34. The Balaban J connectivity index is 0.000000184. The minimum absolute atomic E-state index is 0.178. The second-order valence-electron chi connectivity index (χ2n) is 3.71. The third-order valence-electron chi connectivity index (χ3n) is 2.31. The Hall–Kier alpha value is -2.30. The molecule has 5 nitrogen and oxygen atoms in total. The first-order valence-electron chi connectivity index (χ1n) is 5.55. The lowest BCUT2D eigenvalue weighted by Gasteiger charge is -2.02. The van der Waals surface area contributed by atoms with Crippen molar-refractivity contribution in [2.75, 3.05) is 0 Å². The van der Waals surface area contributed by atoms with Gasteiger partial charge in [-0.25, -0.2) is 9.13 Å². The fraction of sp³-hybridized carbons (Fsp3) is 0.231. The topological polar surface area (TPSA) is 69.2 Å². The molecule has 1 aromatic carbocycles. The number of carboxylic acids is 1. The Kier molecular flexibility index (Phi) is 4.92. The van der Waals surface area contributed by atoms with Crippen LogP contribution in [0.4, 0.5) is 0 Å². The predicted octanol–water partition coefficient (Wildman–Crippen LogP) is 0.0882. The van der Waals surface area contributed by atoms with Gasteiger partial charge >= 0.3 is 0 Å². The summed E-state index contributed by atoms with van der Waals surface area (Å²) < 4.78 is 4.16. The van der Waals surface area contributed by atoms with Gasteiger partial charge in [-0.15, -0.1) is 0 Å². The third-order valence-corrected chi connectivity index (χ3v) is 2.31. The molecule has 5 heteroatoms. The van der Waals surface area contributed by atoms with Crippen LogP contribution >= 0.6 is 0 Å². The van der Waals surface area contributed by atoms with Crippen LogP contribution in [-0.2, 0) is 13.6 Å². The van der Waals surface area contributed by atoms with Crippen LogP contribution in [0.25, 0.3) is 0 Å². The molecule has 0 amide bonds. The highest BCUT2D eigenvalue weighted by Crippen LogP contribution is 2.13. The molecule has 0 saturated heterocycles. The van der Waals surface area contributed by atoms with Crippen LogP contribution < -0.4 is 9.67 Å². The van der Waals surface area contributed by atoms with Crippen molar-refractivity contribution in [2.24, 2.45) is 7.05 Å². The van der Waals surface area contributed by atoms with Gasteiger partial charge in [0.05, 0.1) is 19.6 Å². The summed E-state index contributed by atoms with van der Waals surface area (Å²) in [5, 5.41) is 19.0. The monoisotopic (exact) mass is 248 g/mol. The Bertz CT molecular complexity index is 520. The molecule has 96 valence electrons. The number of hydrogen-bond donors (Lipinski definition) is 1. The van der Waals surface area contributed by atoms with E-state index in [4.69, 9.17) is 5.11 Å². The van der Waals surface area contributed by atoms with Crippen molar-refractivity contribution < 1.29 is 19.6 Å². The summed E-state index contributed by atoms with van der Waals surface area (Å²) in [7, 11) is 2.02. The highest BCUT2D eigenvalue weighted by atomic mass is 16.4. The number of carbonyl (C=O) groups excluding carboxylic acids is 1. The van der Waals surface area contributed by atoms with Crippen LogP contribution in [0.2, 0.25) is 0 Å². The molecular weight excluding hydrogens is 232 g/mol. The van der Waals surface area contributed by atoms with Gasteiger partial charge in [0, 0.05) is 5.56 Å². The zero-order valence-electron chi connectivity index (χ0n) is 10.4. The minimum atomic E-state index is -1.36. The predicted molar refractivity (Wildman–Crippen MR) is 63.7 cm³/mol. The lowest BCUT2D eigenvalue weighted by atomic mass is 10.2. The Morgan fingerprint density at radius 1 is 1.44 bits per heavy atom. The van der Waals surface area contributed by atoms with Crippen molar-refractivity contribution >= 4 is 5.97 Å². The molecule has 0 aliphatic carbocycles. The zero-order chi connectivity index (χ0) is 13.5. The number of nitrogens with zero attached hydrogens (tertiary/aromatic N) is 2. The first-order chi connectivity index (χ1) is 8.54. The normalized spacial score (nSPS) is 9.44. The van der Waals surface area contributed by atoms with Crippen molar-refractivity contribution in [1.82, 2.24) is 4.57 Å². The Morgan fingerprint density at radius 2 is 2.11 bits per heavy atom. The summed E-state index contributed by atoms with van der Waals surface area (Å²) in [6.07, 6.45) is 6.14. The molecule has 1 aromatic heterocycles. The Morgan fingerprint density at radius 3 is 2.44 bits per heavy atom. The molecule has 18 heavy (non-hydrogen) atoms. The molecule has 0 radical (unpaired) electrons. The average Bonchev–Trinajstić information content (AvgIpc) is 2.76. The number of phenols is 1. The molecule has 2 rings (SSSR count). The standard InChI is InChI=1S/C7H6O3.C6H11N2/c8-6-4-2-1-3-5(6)7(9)10;1-3-8-5-4-7(2)6-8/h1-4,8H,(H,9,10);4-6H,3H2,1-2H3/q;+1/p-1. The van der Waals surface area contributed by atoms with Gasteiger partial charge in [0.15, 0.2) is 0 Å². The number of rotatable bonds is 2. The van der Waals surface area contributed by atoms with Crippen LogP contribution in [0.3, 0.4) is 0 Å². The lowest BCUT2D eigenvalue weighted by Crippen LogP contribution is -2.28. The summed E-state index contributed by atoms with van der Waals surface area (Å²) in [6, 6.07) is 5.64. The van der Waals surface area contributed by atoms with E-state index in [1.165, 1.54) is 18.2 Å². The number of aromatic hydroxyl groups is 1. The van der Waals surface area contributed by atoms with E-state index in [0.29, 0.717) is 0 Å². The number of carboxylic acid groups (broad SMARTS) is 1. The average molecular weight is 248 g/mol. The van der Waals surface area contributed by atoms with E-state index < -0.39 is 5.97 Å². The number of benzene rings is 1. The molecule has 0 unspecified atom stereocenters. The maximum Gasteiger partial charge on any atom is 0.243 e. The number of carbonyl (C=O) groups is 1. The van der Waals surface area contributed by atoms with Crippen molar-refractivity contribution in [2.45, 2.75) is 13.5 Å². The number of aromatic nitrogens is 2. The number of aromatic carboxylic acids is 1. The summed E-state index contributed by atoms with van der Waals surface area (Å²) in [5.74, 6) is -1.62. The molecular formula is C13H16N2O3. The largest absolute Gasteiger partial charge is 0.545 e. The first-order valence-corrected chi connectivity index (χ1v) is 5.55. The van der Waals surface area contributed by atoms with Crippen LogP contribution in [0.15, 0.2) is 43.0 Å². The fourth-order valence-corrected chi connectivity index (χ4v) is 1.34. The molecule has 0 atom stereocenters. The second-order valence-corrected chi connectivity index (χ2v) is 3.71. The van der Waals surface area contributed by atoms with Gasteiger partial charge in [-0.3, -0.25) is 0 Å². The van der Waals surface area contributed by atoms with E-state index >= 15 is 0 Å². The number of aryl methyl sites for hydroxylation is 2. The summed E-state index contributed by atoms with van der Waals surface area (Å²) >= 11 is 0. The lowest BCUT2D eigenvalue weighted by molar-refractivity contribution is -0.693. The van der Waals surface area contributed by atoms with E-state index in [0.717, 1.165) is 6.54 Å². The highest BCUT2D eigenvalue weighted by Gasteiger charge is 1.97. The quantitative estimate of drug-likeness (QED) is 0.766. The van der Waals surface area contributed by atoms with Crippen molar-refractivity contribution in [3.05, 3.63) is 48.5 Å². The first kappa shape index (κ1) is 13.8. The maximum absolute atomic E-state index is 10.2. The van der Waals surface area contributed by atoms with Gasteiger partial charge < -0.3 is 15.0 Å². The van der Waals surface area contributed by atoms with E-state index in [1.807, 2.05) is 17.8 Å². The zero-order valence-corrected chi connectivity index (χ0v) is 10.4. The second kappa shape index (κ2) is 6.44. The van der Waals surface area contributed by atoms with Gasteiger partial charge in [-0.2, -0.15) is 0 Å². The van der Waals surface area contributed by atoms with Gasteiger partial charge in [0.2, 0.25) is 6.33 Å². The van der Waals surface area contributed by atoms with Gasteiger partial charge in [-0.05, 0) is 19.1 Å². The van der Waals surface area contributed by atoms with E-state index in [1.54, 1.807) is 6.07 Å². The number of hydrogen-bond acceptors (Lipinski definition) is 3. The van der Waals surface area contributed by atoms with Crippen LogP contribution in [0.5, 0.6) is 5.75 Å². The molecule has 0 spiro atoms. The van der Waals surface area contributed by atoms with E-state index in [-0.39, 0.29) is 11.3 Å². The van der Waals surface area contributed by atoms with E-state index in [2.05, 4.69) is 24.0 Å². The summed E-state index contributed by atoms with van der Waals surface area (Å²) in [5.41, 5.74) is -0.178. The molecule has 1 heterocycles. The molecule has 2 aromatic rings. The third kappa shape index (κ3) is 3.93. The number of para-hydroxylation sites is 1. The Labute approximate surface area is 106 Å². The molecule has 0 fully saturated rings. The maximum atomic E-state index is 10.2. The van der Waals surface area contributed by atoms with Gasteiger partial charge in [0.25, 0.3) is 0 Å².